The summed E-state index contributed by atoms with van der Waals surface area (Å²) in [5.41, 5.74) is -0.0986. The van der Waals surface area contributed by atoms with Crippen molar-refractivity contribution in [3.63, 3.8) is 0 Å². The number of nitrogens with one attached hydrogen (secondary N) is 2. The van der Waals surface area contributed by atoms with Crippen LogP contribution in [0.5, 0.6) is 0 Å². The van der Waals surface area contributed by atoms with Crippen LogP contribution in [0.15, 0.2) is 53.7 Å². The van der Waals surface area contributed by atoms with Crippen molar-refractivity contribution in [3.05, 3.63) is 54.4 Å². The fourth-order valence-electron chi connectivity index (χ4n) is 2.95. The minimum Gasteiger partial charge on any atom is -0.334 e. The number of sulfonamides is 1. The summed E-state index contributed by atoms with van der Waals surface area (Å²) in [6.07, 6.45) is 6.06. The van der Waals surface area contributed by atoms with E-state index in [9.17, 15) is 18.5 Å². The molecule has 1 saturated carbocycles. The highest BCUT2D eigenvalue weighted by Crippen LogP contribution is 2.29. The number of aromatic nitrogens is 1. The summed E-state index contributed by atoms with van der Waals surface area (Å²) in [5, 5.41) is 12.1. The van der Waals surface area contributed by atoms with Crippen molar-refractivity contribution in [2.24, 2.45) is 0 Å². The minimum absolute atomic E-state index is 0.0433. The van der Waals surface area contributed by atoms with Gasteiger partial charge in [0.25, 0.3) is 15.9 Å². The Morgan fingerprint density at radius 2 is 1.69 bits per heavy atom. The predicted octanol–water partition coefficient (Wildman–Crippen LogP) is 2.45. The summed E-state index contributed by atoms with van der Waals surface area (Å²) in [6.45, 7) is 0. The molecular weight excluding hydrogens is 352 g/mol. The number of nitrogens with zero attached hydrogens (tertiary/aromatic N) is 2. The number of pyridine rings is 1. The zero-order valence-corrected chi connectivity index (χ0v) is 14.8. The largest absolute Gasteiger partial charge is 0.334 e. The summed E-state index contributed by atoms with van der Waals surface area (Å²) in [7, 11) is -3.76. The molecule has 2 N–H and O–H groups in total. The molecule has 1 amide bonds. The van der Waals surface area contributed by atoms with Gasteiger partial charge in [0.05, 0.1) is 16.7 Å². The van der Waals surface area contributed by atoms with Gasteiger partial charge in [0, 0.05) is 18.0 Å². The maximum Gasteiger partial charge on any atom is 0.261 e. The van der Waals surface area contributed by atoms with Gasteiger partial charge in [-0.15, -0.1) is 0 Å². The van der Waals surface area contributed by atoms with Crippen LogP contribution < -0.4 is 10.0 Å². The first-order chi connectivity index (χ1) is 12.4. The van der Waals surface area contributed by atoms with Gasteiger partial charge in [0.15, 0.2) is 0 Å². The highest BCUT2D eigenvalue weighted by Gasteiger charge is 2.35. The summed E-state index contributed by atoms with van der Waals surface area (Å²) in [4.78, 5) is 16.3. The van der Waals surface area contributed by atoms with Crippen LogP contribution in [-0.2, 0) is 10.0 Å². The maximum absolute atomic E-state index is 12.4. The molecular formula is C18H18N4O3S. The predicted molar refractivity (Wildman–Crippen MR) is 95.8 cm³/mol. The Labute approximate surface area is 152 Å². The first-order valence-electron chi connectivity index (χ1n) is 8.21. The Hall–Kier alpha value is -2.92. The lowest BCUT2D eigenvalue weighted by Gasteiger charge is -2.22. The fraction of sp³-hybridized carbons (Fsp3) is 0.278. The van der Waals surface area contributed by atoms with E-state index in [-0.39, 0.29) is 10.8 Å². The number of rotatable bonds is 5. The third kappa shape index (κ3) is 3.83. The molecule has 1 aliphatic rings. The Kier molecular flexibility index (Phi) is 4.91. The number of benzene rings is 1. The SMILES string of the molecule is N#CC1(NC(=O)c2ccc(S(=O)(=O)Nc3ccncc3)cc2)CCCC1. The standard InChI is InChI=1S/C18H18N4O3S/c19-13-18(9-1-2-10-18)21-17(23)14-3-5-16(6-4-14)26(24,25)22-15-7-11-20-12-8-15/h3-8,11-12H,1-2,9-10H2,(H,20,22)(H,21,23). The van der Waals surface area contributed by atoms with E-state index >= 15 is 0 Å². The van der Waals surface area contributed by atoms with E-state index in [1.807, 2.05) is 0 Å². The normalized spacial score (nSPS) is 15.8. The molecule has 0 bridgehead atoms. The van der Waals surface area contributed by atoms with E-state index < -0.39 is 15.6 Å². The van der Waals surface area contributed by atoms with Crippen molar-refractivity contribution in [1.29, 1.82) is 5.26 Å². The first-order valence-corrected chi connectivity index (χ1v) is 9.69. The van der Waals surface area contributed by atoms with Gasteiger partial charge in [-0.25, -0.2) is 8.42 Å². The Morgan fingerprint density at radius 3 is 2.27 bits per heavy atom. The van der Waals surface area contributed by atoms with Crippen LogP contribution in [-0.4, -0.2) is 24.8 Å². The third-order valence-corrected chi connectivity index (χ3v) is 5.78. The zero-order chi connectivity index (χ0) is 18.6. The molecule has 1 aliphatic carbocycles. The van der Waals surface area contributed by atoms with E-state index in [1.54, 1.807) is 12.1 Å². The van der Waals surface area contributed by atoms with Crippen molar-refractivity contribution in [1.82, 2.24) is 10.3 Å². The molecule has 134 valence electrons. The molecule has 26 heavy (non-hydrogen) atoms. The summed E-state index contributed by atoms with van der Waals surface area (Å²) >= 11 is 0. The monoisotopic (exact) mass is 370 g/mol. The van der Waals surface area contributed by atoms with Crippen LogP contribution in [0, 0.1) is 11.3 Å². The first kappa shape index (κ1) is 17.9. The van der Waals surface area contributed by atoms with Gasteiger partial charge >= 0.3 is 0 Å². The molecule has 1 aromatic heterocycles. The van der Waals surface area contributed by atoms with Crippen LogP contribution in [0.3, 0.4) is 0 Å². The topological polar surface area (TPSA) is 112 Å². The lowest BCUT2D eigenvalue weighted by Crippen LogP contribution is -2.45. The molecule has 2 aromatic rings. The number of amides is 1. The summed E-state index contributed by atoms with van der Waals surface area (Å²) in [6, 6.07) is 10.9. The van der Waals surface area contributed by atoms with Crippen molar-refractivity contribution in [2.45, 2.75) is 36.1 Å². The summed E-state index contributed by atoms with van der Waals surface area (Å²) < 4.78 is 27.2. The summed E-state index contributed by atoms with van der Waals surface area (Å²) in [5.74, 6) is -0.375. The molecule has 0 radical (unpaired) electrons. The molecule has 3 rings (SSSR count). The van der Waals surface area contributed by atoms with Crippen molar-refractivity contribution in [3.8, 4) is 6.07 Å². The quantitative estimate of drug-likeness (QED) is 0.839. The third-order valence-electron chi connectivity index (χ3n) is 4.38. The van der Waals surface area contributed by atoms with Crippen LogP contribution in [0.1, 0.15) is 36.0 Å². The van der Waals surface area contributed by atoms with E-state index in [1.165, 1.54) is 36.7 Å². The highest BCUT2D eigenvalue weighted by atomic mass is 32.2. The maximum atomic E-state index is 12.4. The van der Waals surface area contributed by atoms with Crippen LogP contribution in [0.4, 0.5) is 5.69 Å². The molecule has 0 atom stereocenters. The van der Waals surface area contributed by atoms with E-state index in [0.29, 0.717) is 24.1 Å². The van der Waals surface area contributed by atoms with E-state index in [2.05, 4.69) is 21.1 Å². The molecule has 0 spiro atoms. The minimum atomic E-state index is -3.76. The van der Waals surface area contributed by atoms with Crippen LogP contribution in [0.2, 0.25) is 0 Å². The fourth-order valence-corrected chi connectivity index (χ4v) is 4.01. The van der Waals surface area contributed by atoms with E-state index in [0.717, 1.165) is 12.8 Å². The van der Waals surface area contributed by atoms with Gasteiger partial charge in [-0.1, -0.05) is 0 Å². The number of carbonyl (C=O) groups excluding carboxylic acids is 1. The molecule has 1 heterocycles. The lowest BCUT2D eigenvalue weighted by molar-refractivity contribution is 0.0920. The smallest absolute Gasteiger partial charge is 0.261 e. The average Bonchev–Trinajstić information content (AvgIpc) is 3.11. The van der Waals surface area contributed by atoms with Crippen molar-refractivity contribution < 1.29 is 13.2 Å². The number of anilines is 1. The Morgan fingerprint density at radius 1 is 1.08 bits per heavy atom. The van der Waals surface area contributed by atoms with Gasteiger partial charge < -0.3 is 5.32 Å². The number of hydrogen-bond acceptors (Lipinski definition) is 5. The molecule has 0 aliphatic heterocycles. The van der Waals surface area contributed by atoms with Gasteiger partial charge in [-0.2, -0.15) is 5.26 Å². The zero-order valence-electron chi connectivity index (χ0n) is 14.0. The number of carbonyl (C=O) groups is 1. The number of hydrogen-bond donors (Lipinski definition) is 2. The second kappa shape index (κ2) is 7.14. The molecule has 8 heteroatoms. The van der Waals surface area contributed by atoms with Gasteiger partial charge in [-0.05, 0) is 62.1 Å². The van der Waals surface area contributed by atoms with Gasteiger partial charge in [-0.3, -0.25) is 14.5 Å². The molecule has 1 fully saturated rings. The van der Waals surface area contributed by atoms with Crippen molar-refractivity contribution >= 4 is 21.6 Å². The Balaban J connectivity index is 1.74. The van der Waals surface area contributed by atoms with Crippen molar-refractivity contribution in [2.75, 3.05) is 4.72 Å². The second-order valence-corrected chi connectivity index (χ2v) is 7.90. The molecule has 1 aromatic carbocycles. The molecule has 0 unspecified atom stereocenters. The van der Waals surface area contributed by atoms with Crippen LogP contribution >= 0.6 is 0 Å². The highest BCUT2D eigenvalue weighted by molar-refractivity contribution is 7.92. The average molecular weight is 370 g/mol. The second-order valence-electron chi connectivity index (χ2n) is 6.22. The van der Waals surface area contributed by atoms with Gasteiger partial charge in [0.1, 0.15) is 5.54 Å². The molecule has 7 nitrogen and oxygen atoms in total. The van der Waals surface area contributed by atoms with Crippen LogP contribution in [0.25, 0.3) is 0 Å². The molecule has 0 saturated heterocycles. The van der Waals surface area contributed by atoms with Gasteiger partial charge in [0.2, 0.25) is 0 Å². The number of nitriles is 1. The lowest BCUT2D eigenvalue weighted by atomic mass is 9.99. The van der Waals surface area contributed by atoms with E-state index in [4.69, 9.17) is 0 Å². The Bertz CT molecular complexity index is 929.